The summed E-state index contributed by atoms with van der Waals surface area (Å²) in [6.45, 7) is 2.49. The number of halogens is 2. The van der Waals surface area contributed by atoms with Crippen LogP contribution < -0.4 is 14.4 Å². The van der Waals surface area contributed by atoms with Gasteiger partial charge < -0.3 is 10.1 Å². The summed E-state index contributed by atoms with van der Waals surface area (Å²) in [6.07, 6.45) is 0. The van der Waals surface area contributed by atoms with Crippen molar-refractivity contribution in [1.82, 2.24) is 5.32 Å². The molecule has 3 rings (SSSR count). The number of hydrogen-bond acceptors (Lipinski definition) is 4. The molecule has 0 heterocycles. The largest absolute Gasteiger partial charge is 0.492 e. The normalized spacial score (nSPS) is 11.1. The maximum Gasteiger partial charge on any atom is 0.264 e. The molecule has 0 aliphatic carbocycles. The van der Waals surface area contributed by atoms with Crippen LogP contribution in [0.2, 0.25) is 10.0 Å². The Labute approximate surface area is 197 Å². The third kappa shape index (κ3) is 5.73. The number of sulfonamides is 1. The Morgan fingerprint density at radius 2 is 1.66 bits per heavy atom. The number of benzene rings is 3. The zero-order chi connectivity index (χ0) is 23.3. The van der Waals surface area contributed by atoms with E-state index in [-0.39, 0.29) is 17.4 Å². The summed E-state index contributed by atoms with van der Waals surface area (Å²) < 4.78 is 32.3. The summed E-state index contributed by atoms with van der Waals surface area (Å²) in [4.78, 5) is 12.5. The highest BCUT2D eigenvalue weighted by molar-refractivity contribution is 7.92. The molecule has 3 aromatic carbocycles. The van der Waals surface area contributed by atoms with E-state index in [4.69, 9.17) is 27.9 Å². The molecule has 1 amide bonds. The Morgan fingerprint density at radius 1 is 1.00 bits per heavy atom. The number of rotatable bonds is 8. The molecule has 1 N–H and O–H groups in total. The van der Waals surface area contributed by atoms with E-state index in [0.717, 1.165) is 9.87 Å². The Morgan fingerprint density at radius 3 is 2.28 bits per heavy atom. The van der Waals surface area contributed by atoms with E-state index < -0.39 is 10.0 Å². The highest BCUT2D eigenvalue weighted by Gasteiger charge is 2.21. The maximum absolute atomic E-state index is 12.8. The van der Waals surface area contributed by atoms with E-state index in [1.54, 1.807) is 30.3 Å². The highest BCUT2D eigenvalue weighted by Crippen LogP contribution is 2.24. The number of carbonyl (C=O) groups excluding carboxylic acids is 1. The van der Waals surface area contributed by atoms with Crippen LogP contribution in [0.25, 0.3) is 0 Å². The van der Waals surface area contributed by atoms with Crippen LogP contribution in [0, 0.1) is 6.92 Å². The molecule has 0 fully saturated rings. The average molecular weight is 493 g/mol. The first kappa shape index (κ1) is 23.9. The summed E-state index contributed by atoms with van der Waals surface area (Å²) >= 11 is 11.9. The van der Waals surface area contributed by atoms with Gasteiger partial charge >= 0.3 is 0 Å². The quantitative estimate of drug-likeness (QED) is 0.452. The van der Waals surface area contributed by atoms with E-state index in [2.05, 4.69) is 5.32 Å². The van der Waals surface area contributed by atoms with Gasteiger partial charge in [0.05, 0.1) is 17.1 Å². The number of nitrogens with zero attached hydrogens (tertiary/aromatic N) is 1. The van der Waals surface area contributed by atoms with Crippen molar-refractivity contribution in [3.05, 3.63) is 87.9 Å². The van der Waals surface area contributed by atoms with Crippen molar-refractivity contribution in [3.8, 4) is 5.75 Å². The lowest BCUT2D eigenvalue weighted by Gasteiger charge is -2.20. The molecule has 0 spiro atoms. The van der Waals surface area contributed by atoms with Crippen LogP contribution in [-0.4, -0.2) is 34.5 Å². The monoisotopic (exact) mass is 492 g/mol. The second kappa shape index (κ2) is 10.3. The number of anilines is 1. The third-order valence-corrected chi connectivity index (χ3v) is 7.22. The first-order valence-electron chi connectivity index (χ1n) is 9.70. The van der Waals surface area contributed by atoms with E-state index in [1.165, 1.54) is 31.3 Å². The van der Waals surface area contributed by atoms with Crippen LogP contribution in [-0.2, 0) is 10.0 Å². The van der Waals surface area contributed by atoms with Crippen molar-refractivity contribution in [2.24, 2.45) is 0 Å². The Hall–Kier alpha value is -2.74. The Bertz CT molecular complexity index is 1200. The van der Waals surface area contributed by atoms with Gasteiger partial charge in [-0.2, -0.15) is 0 Å². The number of aryl methyl sites for hydroxylation is 1. The zero-order valence-corrected chi connectivity index (χ0v) is 19.8. The molecule has 0 atom stereocenters. The third-order valence-electron chi connectivity index (χ3n) is 4.76. The topological polar surface area (TPSA) is 75.7 Å². The number of amides is 1. The van der Waals surface area contributed by atoms with Gasteiger partial charge in [-0.05, 0) is 73.2 Å². The first-order valence-corrected chi connectivity index (χ1v) is 11.9. The minimum Gasteiger partial charge on any atom is -0.492 e. The summed E-state index contributed by atoms with van der Waals surface area (Å²) in [7, 11) is -2.29. The van der Waals surface area contributed by atoms with E-state index in [0.29, 0.717) is 33.6 Å². The van der Waals surface area contributed by atoms with Crippen molar-refractivity contribution in [3.63, 3.8) is 0 Å². The van der Waals surface area contributed by atoms with Gasteiger partial charge in [0, 0.05) is 22.7 Å². The molecule has 0 bridgehead atoms. The van der Waals surface area contributed by atoms with Crippen LogP contribution in [0.15, 0.2) is 71.6 Å². The Balaban J connectivity index is 1.56. The van der Waals surface area contributed by atoms with Gasteiger partial charge in [0.1, 0.15) is 12.4 Å². The SMILES string of the molecule is Cc1ccc(OCCNC(=O)c2ccc(N(C)S(=O)(=O)c3ccc(Cl)cc3)cc2)cc1Cl. The lowest BCUT2D eigenvalue weighted by atomic mass is 10.2. The molecule has 0 aliphatic heterocycles. The van der Waals surface area contributed by atoms with Crippen molar-refractivity contribution in [2.75, 3.05) is 24.5 Å². The minimum atomic E-state index is -3.74. The number of hydrogen-bond donors (Lipinski definition) is 1. The molecule has 168 valence electrons. The molecule has 32 heavy (non-hydrogen) atoms. The zero-order valence-electron chi connectivity index (χ0n) is 17.5. The molecule has 3 aromatic rings. The number of carbonyl (C=O) groups is 1. The molecule has 0 unspecified atom stereocenters. The van der Waals surface area contributed by atoms with Gasteiger partial charge in [0.2, 0.25) is 0 Å². The van der Waals surface area contributed by atoms with Crippen molar-refractivity contribution in [2.45, 2.75) is 11.8 Å². The molecular weight excluding hydrogens is 471 g/mol. The fraction of sp³-hybridized carbons (Fsp3) is 0.174. The molecule has 0 aromatic heterocycles. The van der Waals surface area contributed by atoms with Gasteiger partial charge in [0.15, 0.2) is 0 Å². The van der Waals surface area contributed by atoms with Crippen LogP contribution in [0.3, 0.4) is 0 Å². The fourth-order valence-corrected chi connectivity index (χ4v) is 4.32. The van der Waals surface area contributed by atoms with Gasteiger partial charge in [-0.1, -0.05) is 29.3 Å². The van der Waals surface area contributed by atoms with Gasteiger partial charge in [0.25, 0.3) is 15.9 Å². The molecular formula is C23H22Cl2N2O4S. The fourth-order valence-electron chi connectivity index (χ4n) is 2.83. The molecule has 9 heteroatoms. The van der Waals surface area contributed by atoms with Crippen molar-refractivity contribution >= 4 is 44.8 Å². The summed E-state index contributed by atoms with van der Waals surface area (Å²) in [5.74, 6) is 0.342. The summed E-state index contributed by atoms with van der Waals surface area (Å²) in [5, 5.41) is 3.84. The summed E-state index contributed by atoms with van der Waals surface area (Å²) in [6, 6.07) is 17.6. The van der Waals surface area contributed by atoms with Crippen molar-refractivity contribution < 1.29 is 17.9 Å². The first-order chi connectivity index (χ1) is 15.2. The second-order valence-electron chi connectivity index (χ2n) is 6.99. The molecule has 0 radical (unpaired) electrons. The van der Waals surface area contributed by atoms with Crippen LogP contribution in [0.1, 0.15) is 15.9 Å². The second-order valence-corrected chi connectivity index (χ2v) is 9.80. The maximum atomic E-state index is 12.8. The average Bonchev–Trinajstić information content (AvgIpc) is 2.78. The predicted octanol–water partition coefficient (Wildman–Crippen LogP) is 4.94. The lowest BCUT2D eigenvalue weighted by molar-refractivity contribution is 0.0947. The van der Waals surface area contributed by atoms with E-state index in [1.807, 2.05) is 19.1 Å². The summed E-state index contributed by atoms with van der Waals surface area (Å²) in [5.41, 5.74) is 1.79. The standard InChI is InChI=1S/C23H22Cl2N2O4S/c1-16-3-10-20(15-22(16)25)31-14-13-26-23(28)17-4-8-19(9-5-17)27(2)32(29,30)21-11-6-18(24)7-12-21/h3-12,15H,13-14H2,1-2H3,(H,26,28). The molecule has 0 saturated carbocycles. The van der Waals surface area contributed by atoms with Crippen LogP contribution in [0.5, 0.6) is 5.75 Å². The minimum absolute atomic E-state index is 0.126. The van der Waals surface area contributed by atoms with Crippen LogP contribution in [0.4, 0.5) is 5.69 Å². The van der Waals surface area contributed by atoms with Gasteiger partial charge in [-0.3, -0.25) is 9.10 Å². The van der Waals surface area contributed by atoms with Crippen molar-refractivity contribution in [1.29, 1.82) is 0 Å². The molecule has 6 nitrogen and oxygen atoms in total. The Kier molecular flexibility index (Phi) is 7.66. The van der Waals surface area contributed by atoms with Crippen LogP contribution >= 0.6 is 23.2 Å². The number of nitrogens with one attached hydrogen (secondary N) is 1. The van der Waals surface area contributed by atoms with E-state index >= 15 is 0 Å². The smallest absolute Gasteiger partial charge is 0.264 e. The predicted molar refractivity (Wildman–Crippen MR) is 128 cm³/mol. The molecule has 0 aliphatic rings. The number of ether oxygens (including phenoxy) is 1. The van der Waals surface area contributed by atoms with Gasteiger partial charge in [-0.25, -0.2) is 8.42 Å². The lowest BCUT2D eigenvalue weighted by Crippen LogP contribution is -2.28. The van der Waals surface area contributed by atoms with Gasteiger partial charge in [-0.15, -0.1) is 0 Å². The highest BCUT2D eigenvalue weighted by atomic mass is 35.5. The molecule has 0 saturated heterocycles. The van der Waals surface area contributed by atoms with E-state index in [9.17, 15) is 13.2 Å².